The third-order valence-electron chi connectivity index (χ3n) is 2.06. The molecule has 0 saturated carbocycles. The number of aryl methyl sites for hydroxylation is 1. The molecule has 0 fully saturated rings. The Hall–Kier alpha value is -0.500. The third-order valence-corrected chi connectivity index (χ3v) is 3.93. The molecule has 0 aliphatic carbocycles. The van der Waals surface area contributed by atoms with Crippen molar-refractivity contribution in [2.24, 2.45) is 0 Å². The Labute approximate surface area is 97.1 Å². The predicted molar refractivity (Wildman–Crippen MR) is 64.5 cm³/mol. The van der Waals surface area contributed by atoms with Crippen LogP contribution in [0.3, 0.4) is 0 Å². The Morgan fingerprint density at radius 2 is 1.93 bits per heavy atom. The zero-order valence-electron chi connectivity index (χ0n) is 7.55. The van der Waals surface area contributed by atoms with Gasteiger partial charge in [-0.05, 0) is 30.0 Å². The lowest BCUT2D eigenvalue weighted by atomic mass is 10.1. The van der Waals surface area contributed by atoms with Crippen LogP contribution in [0.4, 0.5) is 0 Å². The van der Waals surface area contributed by atoms with Crippen LogP contribution in [0.25, 0.3) is 10.4 Å². The summed E-state index contributed by atoms with van der Waals surface area (Å²) in [5.74, 6) is 0. The van der Waals surface area contributed by atoms with E-state index < -0.39 is 0 Å². The normalized spacial score (nSPS) is 10.5. The van der Waals surface area contributed by atoms with Crippen LogP contribution < -0.4 is 0 Å². The van der Waals surface area contributed by atoms with Crippen molar-refractivity contribution in [1.29, 1.82) is 0 Å². The molecule has 0 N–H and O–H groups in total. The molecule has 14 heavy (non-hydrogen) atoms. The van der Waals surface area contributed by atoms with Gasteiger partial charge in [0.2, 0.25) is 0 Å². The molecule has 0 aliphatic rings. The second-order valence-corrected chi connectivity index (χ2v) is 4.74. The maximum absolute atomic E-state index is 6.13. The second kappa shape index (κ2) is 3.93. The molecule has 0 spiro atoms. The van der Waals surface area contributed by atoms with Crippen LogP contribution in [-0.2, 0) is 0 Å². The Balaban J connectivity index is 2.63. The lowest BCUT2D eigenvalue weighted by molar-refractivity contribution is 1.54. The summed E-state index contributed by atoms with van der Waals surface area (Å²) in [6, 6.07) is 7.79. The number of hydrogen-bond donors (Lipinski definition) is 0. The Morgan fingerprint density at radius 3 is 2.57 bits per heavy atom. The van der Waals surface area contributed by atoms with Gasteiger partial charge in [0.25, 0.3) is 0 Å². The van der Waals surface area contributed by atoms with Gasteiger partial charge in [0.1, 0.15) is 0 Å². The van der Waals surface area contributed by atoms with Gasteiger partial charge < -0.3 is 0 Å². The van der Waals surface area contributed by atoms with E-state index in [0.717, 1.165) is 5.56 Å². The highest BCUT2D eigenvalue weighted by molar-refractivity contribution is 7.13. The summed E-state index contributed by atoms with van der Waals surface area (Å²) in [5, 5.41) is 3.30. The fraction of sp³-hybridized carbons (Fsp3) is 0.0909. The molecule has 0 unspecified atom stereocenters. The third kappa shape index (κ3) is 1.68. The van der Waals surface area contributed by atoms with Crippen LogP contribution in [0.1, 0.15) is 5.56 Å². The van der Waals surface area contributed by atoms with Crippen LogP contribution >= 0.6 is 34.5 Å². The van der Waals surface area contributed by atoms with Crippen LogP contribution in [0.15, 0.2) is 29.6 Å². The average molecular weight is 243 g/mol. The van der Waals surface area contributed by atoms with Crippen molar-refractivity contribution in [3.05, 3.63) is 45.3 Å². The number of benzene rings is 1. The summed E-state index contributed by atoms with van der Waals surface area (Å²) in [5.41, 5.74) is 2.26. The van der Waals surface area contributed by atoms with Crippen molar-refractivity contribution < 1.29 is 0 Å². The topological polar surface area (TPSA) is 0 Å². The van der Waals surface area contributed by atoms with E-state index in [-0.39, 0.29) is 0 Å². The van der Waals surface area contributed by atoms with Gasteiger partial charge in [0.05, 0.1) is 10.0 Å². The minimum atomic E-state index is 0.608. The van der Waals surface area contributed by atoms with Crippen molar-refractivity contribution in [3.63, 3.8) is 0 Å². The van der Waals surface area contributed by atoms with Crippen molar-refractivity contribution in [2.45, 2.75) is 6.92 Å². The van der Waals surface area contributed by atoms with Gasteiger partial charge in [0, 0.05) is 10.4 Å². The van der Waals surface area contributed by atoms with Crippen LogP contribution in [-0.4, -0.2) is 0 Å². The molecule has 0 amide bonds. The summed E-state index contributed by atoms with van der Waals surface area (Å²) in [6.45, 7) is 2.07. The highest BCUT2D eigenvalue weighted by Crippen LogP contribution is 2.37. The van der Waals surface area contributed by atoms with Crippen LogP contribution in [0.2, 0.25) is 10.0 Å². The molecule has 0 bridgehead atoms. The Kier molecular flexibility index (Phi) is 2.82. The fourth-order valence-corrected chi connectivity index (χ4v) is 2.74. The molecule has 0 saturated heterocycles. The lowest BCUT2D eigenvalue weighted by Gasteiger charge is -2.04. The zero-order valence-corrected chi connectivity index (χ0v) is 9.88. The number of hydrogen-bond acceptors (Lipinski definition) is 1. The lowest BCUT2D eigenvalue weighted by Crippen LogP contribution is -1.78. The van der Waals surface area contributed by atoms with Crippen molar-refractivity contribution in [2.75, 3.05) is 0 Å². The van der Waals surface area contributed by atoms with Crippen LogP contribution in [0, 0.1) is 6.92 Å². The summed E-state index contributed by atoms with van der Waals surface area (Å²) in [7, 11) is 0. The summed E-state index contributed by atoms with van der Waals surface area (Å²) >= 11 is 13.8. The quantitative estimate of drug-likeness (QED) is 0.658. The first kappa shape index (κ1) is 10.0. The molecule has 1 aromatic carbocycles. The largest absolute Gasteiger partial charge is 0.143 e. The molecular formula is C11H8Cl2S. The number of halogens is 2. The van der Waals surface area contributed by atoms with E-state index in [1.165, 1.54) is 10.4 Å². The molecule has 72 valence electrons. The summed E-state index contributed by atoms with van der Waals surface area (Å²) in [4.78, 5) is 1.19. The zero-order chi connectivity index (χ0) is 10.1. The smallest absolute Gasteiger partial charge is 0.0678 e. The second-order valence-electron chi connectivity index (χ2n) is 3.03. The van der Waals surface area contributed by atoms with E-state index in [9.17, 15) is 0 Å². The van der Waals surface area contributed by atoms with Gasteiger partial charge in [-0.3, -0.25) is 0 Å². The number of thiophene rings is 1. The maximum Gasteiger partial charge on any atom is 0.0678 e. The van der Waals surface area contributed by atoms with Crippen LogP contribution in [0.5, 0.6) is 0 Å². The van der Waals surface area contributed by atoms with Gasteiger partial charge in [-0.1, -0.05) is 35.3 Å². The van der Waals surface area contributed by atoms with E-state index in [1.54, 1.807) is 17.4 Å². The molecule has 1 heterocycles. The molecule has 0 atom stereocenters. The maximum atomic E-state index is 6.13. The molecule has 2 aromatic rings. The predicted octanol–water partition coefficient (Wildman–Crippen LogP) is 5.03. The van der Waals surface area contributed by atoms with E-state index >= 15 is 0 Å². The fourth-order valence-electron chi connectivity index (χ4n) is 1.33. The average Bonchev–Trinajstić information content (AvgIpc) is 2.57. The van der Waals surface area contributed by atoms with E-state index in [0.29, 0.717) is 10.0 Å². The van der Waals surface area contributed by atoms with E-state index in [1.807, 2.05) is 12.1 Å². The Morgan fingerprint density at radius 1 is 1.14 bits per heavy atom. The van der Waals surface area contributed by atoms with Gasteiger partial charge in [-0.15, -0.1) is 11.3 Å². The van der Waals surface area contributed by atoms with Gasteiger partial charge in [0.15, 0.2) is 0 Å². The molecule has 0 nitrogen and oxygen atoms in total. The van der Waals surface area contributed by atoms with Gasteiger partial charge >= 0.3 is 0 Å². The molecule has 0 aliphatic heterocycles. The Bertz CT molecular complexity index is 460. The van der Waals surface area contributed by atoms with Crippen molar-refractivity contribution in [1.82, 2.24) is 0 Å². The monoisotopic (exact) mass is 242 g/mol. The van der Waals surface area contributed by atoms with Gasteiger partial charge in [-0.2, -0.15) is 0 Å². The molecule has 2 rings (SSSR count). The minimum Gasteiger partial charge on any atom is -0.143 e. The summed E-state index contributed by atoms with van der Waals surface area (Å²) < 4.78 is 0. The van der Waals surface area contributed by atoms with Gasteiger partial charge in [-0.25, -0.2) is 0 Å². The molecule has 0 radical (unpaired) electrons. The SMILES string of the molecule is Cc1ccsc1-c1cccc(Cl)c1Cl. The van der Waals surface area contributed by atoms with Crippen molar-refractivity contribution >= 4 is 34.5 Å². The first-order chi connectivity index (χ1) is 6.70. The molecule has 3 heteroatoms. The molecule has 1 aromatic heterocycles. The van der Waals surface area contributed by atoms with E-state index in [2.05, 4.69) is 18.4 Å². The first-order valence-corrected chi connectivity index (χ1v) is 5.82. The number of rotatable bonds is 1. The summed E-state index contributed by atoms with van der Waals surface area (Å²) in [6.07, 6.45) is 0. The van der Waals surface area contributed by atoms with Crippen molar-refractivity contribution in [3.8, 4) is 10.4 Å². The minimum absolute atomic E-state index is 0.608. The highest BCUT2D eigenvalue weighted by Gasteiger charge is 2.09. The first-order valence-electron chi connectivity index (χ1n) is 4.18. The molecular weight excluding hydrogens is 235 g/mol. The standard InChI is InChI=1S/C11H8Cl2S/c1-7-5-6-14-11(7)8-3-2-4-9(12)10(8)13/h2-6H,1H3. The van der Waals surface area contributed by atoms with E-state index in [4.69, 9.17) is 23.2 Å². The highest BCUT2D eigenvalue weighted by atomic mass is 35.5.